The molecule has 0 spiro atoms. The molecule has 5 heteroatoms. The Hall–Kier alpha value is -2.56. The molecule has 5 nitrogen and oxygen atoms in total. The van der Waals surface area contributed by atoms with Crippen LogP contribution in [0.1, 0.15) is 15.9 Å². The average Bonchev–Trinajstić information content (AvgIpc) is 2.42. The Morgan fingerprint density at radius 2 is 2.05 bits per heavy atom. The van der Waals surface area contributed by atoms with Crippen LogP contribution in [0, 0.1) is 6.92 Å². The highest BCUT2D eigenvalue weighted by molar-refractivity contribution is 5.92. The molecule has 0 aliphatic heterocycles. The third kappa shape index (κ3) is 2.82. The number of ether oxygens (including phenoxy) is 2. The standard InChI is InChI=1S/C14H14N2O3/c1-9-5-3-4-6-12(9)19-13-11(14(17)18-2)7-10(15)8-16-13/h3-8H,15H2,1-2H3. The van der Waals surface area contributed by atoms with Crippen LogP contribution in [0.2, 0.25) is 0 Å². The van der Waals surface area contributed by atoms with Crippen molar-refractivity contribution in [3.8, 4) is 11.6 Å². The van der Waals surface area contributed by atoms with Gasteiger partial charge in [-0.3, -0.25) is 0 Å². The molecule has 2 N–H and O–H groups in total. The first kappa shape index (κ1) is 12.9. The molecule has 2 rings (SSSR count). The summed E-state index contributed by atoms with van der Waals surface area (Å²) in [6, 6.07) is 8.93. The quantitative estimate of drug-likeness (QED) is 0.856. The Morgan fingerprint density at radius 3 is 2.74 bits per heavy atom. The van der Waals surface area contributed by atoms with Gasteiger partial charge in [-0.15, -0.1) is 0 Å². The molecule has 0 radical (unpaired) electrons. The van der Waals surface area contributed by atoms with E-state index in [0.717, 1.165) is 5.56 Å². The fourth-order valence-electron chi connectivity index (χ4n) is 1.58. The summed E-state index contributed by atoms with van der Waals surface area (Å²) in [5.41, 5.74) is 7.13. The first-order valence-electron chi connectivity index (χ1n) is 5.69. The lowest BCUT2D eigenvalue weighted by molar-refractivity contribution is 0.0597. The van der Waals surface area contributed by atoms with Gasteiger partial charge < -0.3 is 15.2 Å². The highest BCUT2D eigenvalue weighted by Gasteiger charge is 2.16. The number of rotatable bonds is 3. The van der Waals surface area contributed by atoms with Crippen LogP contribution in [0.5, 0.6) is 11.6 Å². The van der Waals surface area contributed by atoms with Gasteiger partial charge in [-0.1, -0.05) is 18.2 Å². The van der Waals surface area contributed by atoms with Crippen molar-refractivity contribution < 1.29 is 14.3 Å². The number of carbonyl (C=O) groups is 1. The molecule has 2 aromatic rings. The second-order valence-electron chi connectivity index (χ2n) is 3.98. The number of nitrogens with zero attached hydrogens (tertiary/aromatic N) is 1. The van der Waals surface area contributed by atoms with Crippen molar-refractivity contribution >= 4 is 11.7 Å². The Bertz CT molecular complexity index is 611. The first-order valence-corrected chi connectivity index (χ1v) is 5.69. The molecule has 19 heavy (non-hydrogen) atoms. The Kier molecular flexibility index (Phi) is 3.66. The maximum Gasteiger partial charge on any atom is 0.343 e. The van der Waals surface area contributed by atoms with Crippen molar-refractivity contribution in [3.63, 3.8) is 0 Å². The number of benzene rings is 1. The van der Waals surface area contributed by atoms with Crippen molar-refractivity contribution in [2.24, 2.45) is 0 Å². The van der Waals surface area contributed by atoms with Crippen LogP contribution in [-0.4, -0.2) is 18.1 Å². The van der Waals surface area contributed by atoms with Gasteiger partial charge in [0.25, 0.3) is 0 Å². The summed E-state index contributed by atoms with van der Waals surface area (Å²) in [5, 5.41) is 0. The molecule has 0 amide bonds. The molecular formula is C14H14N2O3. The van der Waals surface area contributed by atoms with Crippen LogP contribution >= 0.6 is 0 Å². The lowest BCUT2D eigenvalue weighted by Crippen LogP contribution is -2.06. The minimum absolute atomic E-state index is 0.176. The van der Waals surface area contributed by atoms with E-state index in [-0.39, 0.29) is 11.4 Å². The van der Waals surface area contributed by atoms with Gasteiger partial charge in [-0.2, -0.15) is 0 Å². The topological polar surface area (TPSA) is 74.4 Å². The number of aromatic nitrogens is 1. The number of para-hydroxylation sites is 1. The van der Waals surface area contributed by atoms with Crippen molar-refractivity contribution in [2.75, 3.05) is 12.8 Å². The number of esters is 1. The second-order valence-corrected chi connectivity index (χ2v) is 3.98. The number of pyridine rings is 1. The van der Waals surface area contributed by atoms with Crippen molar-refractivity contribution in [2.45, 2.75) is 6.92 Å². The molecule has 1 heterocycles. The highest BCUT2D eigenvalue weighted by Crippen LogP contribution is 2.27. The maximum atomic E-state index is 11.7. The molecule has 1 aromatic heterocycles. The average molecular weight is 258 g/mol. The predicted octanol–water partition coefficient (Wildman–Crippen LogP) is 2.55. The minimum atomic E-state index is -0.539. The monoisotopic (exact) mass is 258 g/mol. The molecule has 0 fully saturated rings. The van der Waals surface area contributed by atoms with Gasteiger partial charge in [0.05, 0.1) is 19.0 Å². The van der Waals surface area contributed by atoms with E-state index in [9.17, 15) is 4.79 Å². The predicted molar refractivity (Wildman–Crippen MR) is 71.2 cm³/mol. The number of anilines is 1. The van der Waals surface area contributed by atoms with E-state index in [4.69, 9.17) is 10.5 Å². The highest BCUT2D eigenvalue weighted by atomic mass is 16.5. The Balaban J connectivity index is 2.40. The van der Waals surface area contributed by atoms with E-state index in [2.05, 4.69) is 9.72 Å². The van der Waals surface area contributed by atoms with Gasteiger partial charge in [0.15, 0.2) is 0 Å². The van der Waals surface area contributed by atoms with E-state index in [1.165, 1.54) is 19.4 Å². The van der Waals surface area contributed by atoms with Gasteiger partial charge in [-0.05, 0) is 24.6 Å². The van der Waals surface area contributed by atoms with Crippen molar-refractivity contribution in [3.05, 3.63) is 47.7 Å². The number of carbonyl (C=O) groups excluding carboxylic acids is 1. The Morgan fingerprint density at radius 1 is 1.32 bits per heavy atom. The zero-order valence-electron chi connectivity index (χ0n) is 10.7. The largest absolute Gasteiger partial charge is 0.465 e. The normalized spacial score (nSPS) is 10.0. The van der Waals surface area contributed by atoms with Crippen LogP contribution in [-0.2, 0) is 4.74 Å². The maximum absolute atomic E-state index is 11.7. The first-order chi connectivity index (χ1) is 9.11. The van der Waals surface area contributed by atoms with Crippen LogP contribution < -0.4 is 10.5 Å². The smallest absolute Gasteiger partial charge is 0.343 e. The van der Waals surface area contributed by atoms with Gasteiger partial charge in [0, 0.05) is 0 Å². The number of aryl methyl sites for hydroxylation is 1. The summed E-state index contributed by atoms with van der Waals surface area (Å²) in [7, 11) is 1.29. The summed E-state index contributed by atoms with van der Waals surface area (Å²) < 4.78 is 10.3. The van der Waals surface area contributed by atoms with Gasteiger partial charge >= 0.3 is 5.97 Å². The fraction of sp³-hybridized carbons (Fsp3) is 0.143. The van der Waals surface area contributed by atoms with Gasteiger partial charge in [-0.25, -0.2) is 9.78 Å². The number of nitrogens with two attached hydrogens (primary N) is 1. The molecule has 0 saturated carbocycles. The van der Waals surface area contributed by atoms with E-state index in [0.29, 0.717) is 11.4 Å². The third-order valence-corrected chi connectivity index (χ3v) is 2.58. The molecule has 0 aliphatic rings. The molecule has 1 aromatic carbocycles. The summed E-state index contributed by atoms with van der Waals surface area (Å²) in [6.45, 7) is 1.91. The van der Waals surface area contributed by atoms with E-state index < -0.39 is 5.97 Å². The summed E-state index contributed by atoms with van der Waals surface area (Å²) in [6.07, 6.45) is 1.43. The van der Waals surface area contributed by atoms with Gasteiger partial charge in [0.1, 0.15) is 11.3 Å². The summed E-state index contributed by atoms with van der Waals surface area (Å²) in [5.74, 6) is 0.267. The van der Waals surface area contributed by atoms with Crippen LogP contribution in [0.15, 0.2) is 36.5 Å². The van der Waals surface area contributed by atoms with E-state index in [1.54, 1.807) is 6.07 Å². The van der Waals surface area contributed by atoms with Crippen LogP contribution in [0.3, 0.4) is 0 Å². The van der Waals surface area contributed by atoms with Crippen molar-refractivity contribution in [1.82, 2.24) is 4.98 Å². The minimum Gasteiger partial charge on any atom is -0.465 e. The second kappa shape index (κ2) is 5.39. The van der Waals surface area contributed by atoms with Gasteiger partial charge in [0.2, 0.25) is 5.88 Å². The van der Waals surface area contributed by atoms with Crippen molar-refractivity contribution in [1.29, 1.82) is 0 Å². The summed E-state index contributed by atoms with van der Waals surface area (Å²) >= 11 is 0. The molecule has 0 bridgehead atoms. The molecule has 0 unspecified atom stereocenters. The molecule has 0 saturated heterocycles. The summed E-state index contributed by atoms with van der Waals surface area (Å²) in [4.78, 5) is 15.7. The van der Waals surface area contributed by atoms with E-state index in [1.807, 2.05) is 25.1 Å². The fourth-order valence-corrected chi connectivity index (χ4v) is 1.58. The Labute approximate surface area is 111 Å². The van der Waals surface area contributed by atoms with Crippen LogP contribution in [0.4, 0.5) is 5.69 Å². The van der Waals surface area contributed by atoms with Crippen LogP contribution in [0.25, 0.3) is 0 Å². The number of nitrogen functional groups attached to an aromatic ring is 1. The lowest BCUT2D eigenvalue weighted by Gasteiger charge is -2.10. The van der Waals surface area contributed by atoms with E-state index >= 15 is 0 Å². The zero-order chi connectivity index (χ0) is 13.8. The lowest BCUT2D eigenvalue weighted by atomic mass is 10.2. The third-order valence-electron chi connectivity index (χ3n) is 2.58. The number of methoxy groups -OCH3 is 1. The number of hydrogen-bond acceptors (Lipinski definition) is 5. The number of hydrogen-bond donors (Lipinski definition) is 1. The molecular weight excluding hydrogens is 244 g/mol. The SMILES string of the molecule is COC(=O)c1cc(N)cnc1Oc1ccccc1C. The molecule has 98 valence electrons. The zero-order valence-corrected chi connectivity index (χ0v) is 10.7. The molecule has 0 aliphatic carbocycles. The molecule has 0 atom stereocenters.